The molecule has 0 bridgehead atoms. The molecule has 0 unspecified atom stereocenters. The van der Waals surface area contributed by atoms with Crippen molar-refractivity contribution in [2.45, 2.75) is 17.0 Å². The van der Waals surface area contributed by atoms with Gasteiger partial charge < -0.3 is 9.47 Å². The Balaban J connectivity index is 1.79. The minimum absolute atomic E-state index is 0.717. The Morgan fingerprint density at radius 2 is 1.96 bits per heavy atom. The van der Waals surface area contributed by atoms with E-state index in [-0.39, 0.29) is 0 Å². The fraction of sp³-hybridized carbons (Fsp3) is 0.250. The number of hydrogen-bond acceptors (Lipinski definition) is 7. The fourth-order valence-corrected chi connectivity index (χ4v) is 4.78. The van der Waals surface area contributed by atoms with Crippen molar-refractivity contribution in [3.05, 3.63) is 40.3 Å². The number of thioether (sulfide) groups is 1. The SMILES string of the molecule is COc1cccc(-c2nc(CSc3nc(C)cs3)cs2)c1OC. The standard InChI is InChI=1S/C16H16N2O2S3/c1-10-7-22-16(17-10)23-9-11-8-21-15(18-11)12-5-4-6-13(19-2)14(12)20-3/h4-8H,9H2,1-3H3. The molecule has 2 heterocycles. The molecular weight excluding hydrogens is 348 g/mol. The van der Waals surface area contributed by atoms with E-state index in [4.69, 9.17) is 14.5 Å². The largest absolute Gasteiger partial charge is 0.493 e. The van der Waals surface area contributed by atoms with Gasteiger partial charge in [-0.05, 0) is 19.1 Å². The van der Waals surface area contributed by atoms with Crippen LogP contribution in [0.4, 0.5) is 0 Å². The second-order valence-corrected chi connectivity index (χ2v) is 7.67. The third-order valence-electron chi connectivity index (χ3n) is 3.13. The van der Waals surface area contributed by atoms with Crippen molar-refractivity contribution in [2.75, 3.05) is 14.2 Å². The van der Waals surface area contributed by atoms with Crippen LogP contribution in [0.15, 0.2) is 33.3 Å². The number of para-hydroxylation sites is 1. The Kier molecular flexibility index (Phi) is 5.20. The zero-order chi connectivity index (χ0) is 16.2. The first-order valence-electron chi connectivity index (χ1n) is 6.92. The van der Waals surface area contributed by atoms with Gasteiger partial charge in [-0.25, -0.2) is 9.97 Å². The summed E-state index contributed by atoms with van der Waals surface area (Å²) in [5.74, 6) is 2.25. The van der Waals surface area contributed by atoms with Crippen LogP contribution in [0.3, 0.4) is 0 Å². The minimum Gasteiger partial charge on any atom is -0.493 e. The Morgan fingerprint density at radius 3 is 2.65 bits per heavy atom. The third kappa shape index (κ3) is 3.68. The van der Waals surface area contributed by atoms with Gasteiger partial charge in [0, 0.05) is 22.2 Å². The molecule has 0 aliphatic rings. The molecule has 3 aromatic rings. The zero-order valence-electron chi connectivity index (χ0n) is 13.0. The van der Waals surface area contributed by atoms with Crippen molar-refractivity contribution < 1.29 is 9.47 Å². The van der Waals surface area contributed by atoms with E-state index in [0.29, 0.717) is 0 Å². The molecule has 0 spiro atoms. The Bertz CT molecular complexity index is 798. The molecular formula is C16H16N2O2S3. The zero-order valence-corrected chi connectivity index (χ0v) is 15.5. The molecule has 0 N–H and O–H groups in total. The molecule has 120 valence electrons. The lowest BCUT2D eigenvalue weighted by molar-refractivity contribution is 0.356. The van der Waals surface area contributed by atoms with E-state index in [2.05, 4.69) is 15.7 Å². The predicted octanol–water partition coefficient (Wildman–Crippen LogP) is 4.88. The van der Waals surface area contributed by atoms with Crippen LogP contribution in [0.5, 0.6) is 11.5 Å². The fourth-order valence-electron chi connectivity index (χ4n) is 2.09. The van der Waals surface area contributed by atoms with Gasteiger partial charge in [-0.2, -0.15) is 0 Å². The predicted molar refractivity (Wildman–Crippen MR) is 97.1 cm³/mol. The van der Waals surface area contributed by atoms with E-state index >= 15 is 0 Å². The molecule has 0 fully saturated rings. The van der Waals surface area contributed by atoms with E-state index in [9.17, 15) is 0 Å². The number of hydrogen-bond donors (Lipinski definition) is 0. The molecule has 2 aromatic heterocycles. The summed E-state index contributed by atoms with van der Waals surface area (Å²) in [6.07, 6.45) is 0. The molecule has 0 aliphatic carbocycles. The van der Waals surface area contributed by atoms with E-state index in [0.717, 1.165) is 43.6 Å². The van der Waals surface area contributed by atoms with E-state index in [1.54, 1.807) is 48.7 Å². The van der Waals surface area contributed by atoms with Gasteiger partial charge in [-0.3, -0.25) is 0 Å². The normalized spacial score (nSPS) is 10.7. The average molecular weight is 365 g/mol. The summed E-state index contributed by atoms with van der Waals surface area (Å²) < 4.78 is 11.9. The van der Waals surface area contributed by atoms with Gasteiger partial charge >= 0.3 is 0 Å². The summed E-state index contributed by atoms with van der Waals surface area (Å²) in [4.78, 5) is 9.19. The lowest BCUT2D eigenvalue weighted by Crippen LogP contribution is -1.93. The molecule has 0 radical (unpaired) electrons. The molecule has 1 aromatic carbocycles. The molecule has 0 aliphatic heterocycles. The van der Waals surface area contributed by atoms with Crippen molar-refractivity contribution in [3.63, 3.8) is 0 Å². The number of ether oxygens (including phenoxy) is 2. The second kappa shape index (κ2) is 7.33. The van der Waals surface area contributed by atoms with Gasteiger partial charge in [0.2, 0.25) is 0 Å². The molecule has 4 nitrogen and oxygen atoms in total. The summed E-state index contributed by atoms with van der Waals surface area (Å²) >= 11 is 5.00. The number of nitrogens with zero attached hydrogens (tertiary/aromatic N) is 2. The van der Waals surface area contributed by atoms with E-state index < -0.39 is 0 Å². The van der Waals surface area contributed by atoms with E-state index in [1.807, 2.05) is 25.1 Å². The maximum absolute atomic E-state index is 5.49. The highest BCUT2D eigenvalue weighted by atomic mass is 32.2. The minimum atomic E-state index is 0.717. The Morgan fingerprint density at radius 1 is 1.09 bits per heavy atom. The number of thiazole rings is 2. The van der Waals surface area contributed by atoms with Crippen LogP contribution in [0.2, 0.25) is 0 Å². The lowest BCUT2D eigenvalue weighted by Gasteiger charge is -2.10. The highest BCUT2D eigenvalue weighted by Crippen LogP contribution is 2.39. The highest BCUT2D eigenvalue weighted by Gasteiger charge is 2.14. The van der Waals surface area contributed by atoms with Crippen LogP contribution >= 0.6 is 34.4 Å². The van der Waals surface area contributed by atoms with Gasteiger partial charge in [0.25, 0.3) is 0 Å². The van der Waals surface area contributed by atoms with Crippen LogP contribution in [0.25, 0.3) is 10.6 Å². The second-order valence-electron chi connectivity index (χ2n) is 4.73. The summed E-state index contributed by atoms with van der Waals surface area (Å²) in [5.41, 5.74) is 3.07. The number of aromatic nitrogens is 2. The maximum atomic E-state index is 5.49. The Labute approximate surface area is 147 Å². The topological polar surface area (TPSA) is 44.2 Å². The molecule has 0 saturated heterocycles. The van der Waals surface area contributed by atoms with Gasteiger partial charge in [-0.15, -0.1) is 22.7 Å². The number of aryl methyl sites for hydroxylation is 1. The van der Waals surface area contributed by atoms with Gasteiger partial charge in [0.1, 0.15) is 9.35 Å². The van der Waals surface area contributed by atoms with Gasteiger partial charge in [0.15, 0.2) is 11.5 Å². The summed E-state index contributed by atoms with van der Waals surface area (Å²) in [6, 6.07) is 5.84. The molecule has 0 amide bonds. The first-order chi connectivity index (χ1) is 11.2. The smallest absolute Gasteiger partial charge is 0.170 e. The van der Waals surface area contributed by atoms with Gasteiger partial charge in [-0.1, -0.05) is 17.8 Å². The van der Waals surface area contributed by atoms with Crippen LogP contribution in [-0.2, 0) is 5.75 Å². The average Bonchev–Trinajstić information content (AvgIpc) is 3.20. The third-order valence-corrected chi connectivity index (χ3v) is 6.22. The highest BCUT2D eigenvalue weighted by molar-refractivity contribution is 8.00. The summed E-state index contributed by atoms with van der Waals surface area (Å²) in [5, 5.41) is 5.09. The van der Waals surface area contributed by atoms with Crippen LogP contribution < -0.4 is 9.47 Å². The maximum Gasteiger partial charge on any atom is 0.170 e. The van der Waals surface area contributed by atoms with E-state index in [1.165, 1.54) is 0 Å². The number of methoxy groups -OCH3 is 2. The van der Waals surface area contributed by atoms with Crippen LogP contribution in [0.1, 0.15) is 11.4 Å². The molecule has 0 atom stereocenters. The van der Waals surface area contributed by atoms with Crippen molar-refractivity contribution in [1.29, 1.82) is 0 Å². The Hall–Kier alpha value is -1.57. The van der Waals surface area contributed by atoms with Crippen molar-refractivity contribution in [2.24, 2.45) is 0 Å². The van der Waals surface area contributed by atoms with Crippen molar-refractivity contribution in [1.82, 2.24) is 9.97 Å². The number of rotatable bonds is 6. The molecule has 0 saturated carbocycles. The van der Waals surface area contributed by atoms with Crippen LogP contribution in [-0.4, -0.2) is 24.2 Å². The molecule has 3 rings (SSSR count). The first-order valence-corrected chi connectivity index (χ1v) is 9.66. The first kappa shape index (κ1) is 16.3. The lowest BCUT2D eigenvalue weighted by atomic mass is 10.2. The quantitative estimate of drug-likeness (QED) is 0.583. The molecule has 7 heteroatoms. The van der Waals surface area contributed by atoms with Crippen molar-refractivity contribution >= 4 is 34.4 Å². The monoisotopic (exact) mass is 364 g/mol. The molecule has 23 heavy (non-hydrogen) atoms. The van der Waals surface area contributed by atoms with Crippen molar-refractivity contribution in [3.8, 4) is 22.1 Å². The van der Waals surface area contributed by atoms with Crippen LogP contribution in [0, 0.1) is 6.92 Å². The summed E-state index contributed by atoms with van der Waals surface area (Å²) in [6.45, 7) is 2.01. The number of benzene rings is 1. The summed E-state index contributed by atoms with van der Waals surface area (Å²) in [7, 11) is 3.29. The van der Waals surface area contributed by atoms with Gasteiger partial charge in [0.05, 0.1) is 25.5 Å².